The third-order valence-electron chi connectivity index (χ3n) is 2.73. The van der Waals surface area contributed by atoms with Gasteiger partial charge in [-0.05, 0) is 35.4 Å². The van der Waals surface area contributed by atoms with Crippen LogP contribution >= 0.6 is 11.6 Å². The zero-order chi connectivity index (χ0) is 14.9. The monoisotopic (exact) mass is 294 g/mol. The molecule has 6 nitrogen and oxygen atoms in total. The number of aromatic nitrogens is 3. The Bertz CT molecular complexity index is 835. The number of halogens is 2. The largest absolute Gasteiger partial charge is 0.354 e. The molecule has 1 aromatic heterocycles. The summed E-state index contributed by atoms with van der Waals surface area (Å²) < 4.78 is 15.0. The van der Waals surface area contributed by atoms with E-state index in [2.05, 4.69) is 4.98 Å². The zero-order valence-electron chi connectivity index (χ0n) is 10.3. The Hall–Kier alpha value is -2.46. The molecule has 0 saturated carbocycles. The van der Waals surface area contributed by atoms with E-state index in [1.807, 2.05) is 6.07 Å². The maximum absolute atomic E-state index is 13.2. The van der Waals surface area contributed by atoms with Gasteiger partial charge < -0.3 is 0 Å². The molecule has 8 heteroatoms. The summed E-state index contributed by atoms with van der Waals surface area (Å²) in [5, 5.41) is 8.65. The van der Waals surface area contributed by atoms with Gasteiger partial charge in [0, 0.05) is 7.05 Å². The van der Waals surface area contributed by atoms with Crippen molar-refractivity contribution >= 4 is 11.6 Å². The number of benzene rings is 1. The molecule has 0 unspecified atom stereocenters. The molecule has 0 aliphatic rings. The second kappa shape index (κ2) is 5.27. The van der Waals surface area contributed by atoms with Crippen molar-refractivity contribution < 1.29 is 4.39 Å². The van der Waals surface area contributed by atoms with E-state index in [1.165, 1.54) is 13.1 Å². The number of nitrogens with zero attached hydrogens (tertiary/aromatic N) is 4. The molecule has 0 amide bonds. The van der Waals surface area contributed by atoms with Crippen LogP contribution in [0.4, 0.5) is 4.39 Å². The average Bonchev–Trinajstić information content (AvgIpc) is 2.41. The van der Waals surface area contributed by atoms with Crippen molar-refractivity contribution in [2.75, 3.05) is 0 Å². The molecule has 20 heavy (non-hydrogen) atoms. The second-order valence-electron chi connectivity index (χ2n) is 4.00. The van der Waals surface area contributed by atoms with Gasteiger partial charge >= 0.3 is 11.4 Å². The topological polar surface area (TPSA) is 80.7 Å². The number of hydrogen-bond acceptors (Lipinski definition) is 4. The van der Waals surface area contributed by atoms with E-state index in [4.69, 9.17) is 16.9 Å². The summed E-state index contributed by atoms with van der Waals surface area (Å²) in [7, 11) is 1.25. The van der Waals surface area contributed by atoms with Crippen LogP contribution < -0.4 is 11.4 Å². The van der Waals surface area contributed by atoms with Crippen molar-refractivity contribution in [1.82, 2.24) is 14.1 Å². The number of rotatable bonds is 2. The van der Waals surface area contributed by atoms with Crippen LogP contribution in [-0.4, -0.2) is 14.1 Å². The van der Waals surface area contributed by atoms with Gasteiger partial charge in [-0.15, -0.1) is 0 Å². The lowest BCUT2D eigenvalue weighted by Gasteiger charge is -2.10. The van der Waals surface area contributed by atoms with Crippen LogP contribution in [0.2, 0.25) is 5.28 Å². The van der Waals surface area contributed by atoms with Gasteiger partial charge in [0.15, 0.2) is 0 Å². The lowest BCUT2D eigenvalue weighted by molar-refractivity contribution is 0.600. The highest BCUT2D eigenvalue weighted by Crippen LogP contribution is 2.13. The van der Waals surface area contributed by atoms with Crippen molar-refractivity contribution in [3.05, 3.63) is 61.4 Å². The number of nitriles is 1. The summed E-state index contributed by atoms with van der Waals surface area (Å²) in [5.41, 5.74) is -0.987. The zero-order valence-corrected chi connectivity index (χ0v) is 11.1. The summed E-state index contributed by atoms with van der Waals surface area (Å²) in [6.45, 7) is -0.153. The maximum Gasteiger partial charge on any atom is 0.354 e. The Kier molecular flexibility index (Phi) is 3.68. The highest BCUT2D eigenvalue weighted by molar-refractivity contribution is 6.28. The van der Waals surface area contributed by atoms with Crippen molar-refractivity contribution in [2.45, 2.75) is 6.54 Å². The van der Waals surface area contributed by atoms with Crippen molar-refractivity contribution in [2.24, 2.45) is 7.05 Å². The van der Waals surface area contributed by atoms with Gasteiger partial charge in [-0.25, -0.2) is 18.5 Å². The predicted octanol–water partition coefficient (Wildman–Crippen LogP) is 0.654. The van der Waals surface area contributed by atoms with Gasteiger partial charge in [-0.3, -0.25) is 4.57 Å². The first-order valence-electron chi connectivity index (χ1n) is 5.46. The molecule has 0 bridgehead atoms. The molecule has 2 aromatic rings. The molecule has 0 radical (unpaired) electrons. The Morgan fingerprint density at radius 2 is 2.15 bits per heavy atom. The van der Waals surface area contributed by atoms with Gasteiger partial charge in [-0.1, -0.05) is 0 Å². The van der Waals surface area contributed by atoms with Gasteiger partial charge in [0.1, 0.15) is 5.82 Å². The van der Waals surface area contributed by atoms with E-state index in [9.17, 15) is 14.0 Å². The summed E-state index contributed by atoms with van der Waals surface area (Å²) in [4.78, 5) is 26.7. The molecular weight excluding hydrogens is 287 g/mol. The molecule has 0 fully saturated rings. The average molecular weight is 295 g/mol. The Labute approximate surface area is 117 Å². The van der Waals surface area contributed by atoms with E-state index in [-0.39, 0.29) is 23.0 Å². The third-order valence-corrected chi connectivity index (χ3v) is 3.02. The summed E-state index contributed by atoms with van der Waals surface area (Å²) in [6.07, 6.45) is 0. The fourth-order valence-electron chi connectivity index (χ4n) is 1.66. The molecule has 102 valence electrons. The van der Waals surface area contributed by atoms with E-state index >= 15 is 0 Å². The standard InChI is InChI=1S/C12H8ClFN4O2/c1-17-11(19)16-10(13)18(12(17)20)6-8-4-9(14)3-2-7(8)5-15/h2-4H,6H2,1H3. The first-order valence-corrected chi connectivity index (χ1v) is 5.83. The van der Waals surface area contributed by atoms with Gasteiger partial charge in [0.05, 0.1) is 18.2 Å². The fraction of sp³-hybridized carbons (Fsp3) is 0.167. The highest BCUT2D eigenvalue weighted by atomic mass is 35.5. The van der Waals surface area contributed by atoms with Crippen LogP contribution in [0.25, 0.3) is 0 Å². The lowest BCUT2D eigenvalue weighted by atomic mass is 10.1. The van der Waals surface area contributed by atoms with Crippen LogP contribution in [0.3, 0.4) is 0 Å². The minimum atomic E-state index is -0.781. The highest BCUT2D eigenvalue weighted by Gasteiger charge is 2.12. The molecule has 2 rings (SSSR count). The van der Waals surface area contributed by atoms with E-state index < -0.39 is 17.2 Å². The quantitative estimate of drug-likeness (QED) is 0.814. The van der Waals surface area contributed by atoms with Crippen LogP contribution in [0, 0.1) is 17.1 Å². The van der Waals surface area contributed by atoms with Crippen molar-refractivity contribution in [3.63, 3.8) is 0 Å². The molecule has 0 spiro atoms. The minimum Gasteiger partial charge on any atom is -0.263 e. The van der Waals surface area contributed by atoms with E-state index in [1.54, 1.807) is 0 Å². The Morgan fingerprint density at radius 1 is 1.45 bits per heavy atom. The second-order valence-corrected chi connectivity index (χ2v) is 4.34. The summed E-state index contributed by atoms with van der Waals surface area (Å²) in [6, 6.07) is 5.47. The van der Waals surface area contributed by atoms with Crippen molar-refractivity contribution in [3.8, 4) is 6.07 Å². The lowest BCUT2D eigenvalue weighted by Crippen LogP contribution is -2.40. The van der Waals surface area contributed by atoms with Crippen molar-refractivity contribution in [1.29, 1.82) is 5.26 Å². The Morgan fingerprint density at radius 3 is 2.80 bits per heavy atom. The summed E-state index contributed by atoms with van der Waals surface area (Å²) in [5.74, 6) is -0.541. The Balaban J connectivity index is 2.60. The van der Waals surface area contributed by atoms with Crippen LogP contribution in [0.1, 0.15) is 11.1 Å². The van der Waals surface area contributed by atoms with Crippen LogP contribution in [0.5, 0.6) is 0 Å². The fourth-order valence-corrected chi connectivity index (χ4v) is 1.87. The third kappa shape index (κ3) is 2.46. The molecule has 1 heterocycles. The smallest absolute Gasteiger partial charge is 0.263 e. The minimum absolute atomic E-state index is 0.153. The van der Waals surface area contributed by atoms with Crippen LogP contribution in [0.15, 0.2) is 27.8 Å². The molecular formula is C12H8ClFN4O2. The van der Waals surface area contributed by atoms with E-state index in [0.717, 1.165) is 21.3 Å². The molecule has 0 aliphatic carbocycles. The normalized spacial score (nSPS) is 10.3. The van der Waals surface area contributed by atoms with E-state index in [0.29, 0.717) is 0 Å². The van der Waals surface area contributed by atoms with Crippen LogP contribution in [-0.2, 0) is 13.6 Å². The predicted molar refractivity (Wildman–Crippen MR) is 69.0 cm³/mol. The molecule has 0 aliphatic heterocycles. The molecule has 1 aromatic carbocycles. The molecule has 0 saturated heterocycles. The van der Waals surface area contributed by atoms with Gasteiger partial charge in [0.25, 0.3) is 0 Å². The first kappa shape index (κ1) is 14.0. The SMILES string of the molecule is Cn1c(=O)nc(Cl)n(Cc2cc(F)ccc2C#N)c1=O. The molecule has 0 N–H and O–H groups in total. The van der Waals surface area contributed by atoms with Gasteiger partial charge in [0.2, 0.25) is 5.28 Å². The van der Waals surface area contributed by atoms with Gasteiger partial charge in [-0.2, -0.15) is 10.2 Å². The summed E-state index contributed by atoms with van der Waals surface area (Å²) >= 11 is 5.75. The number of hydrogen-bond donors (Lipinski definition) is 0. The maximum atomic E-state index is 13.2. The first-order chi connectivity index (χ1) is 9.43. The molecule has 0 atom stereocenters.